The Kier molecular flexibility index (Phi) is 5.73. The average molecular weight is 230 g/mol. The van der Waals surface area contributed by atoms with Crippen LogP contribution >= 0.6 is 0 Å². The molecule has 0 amide bonds. The lowest BCUT2D eigenvalue weighted by atomic mass is 9.88. The van der Waals surface area contributed by atoms with Gasteiger partial charge in [0.25, 0.3) is 0 Å². The first-order valence-electron chi connectivity index (χ1n) is 5.87. The molecule has 1 heterocycles. The quantitative estimate of drug-likeness (QED) is 0.493. The van der Waals surface area contributed by atoms with E-state index in [1.165, 1.54) is 0 Å². The van der Waals surface area contributed by atoms with Gasteiger partial charge in [0.1, 0.15) is 5.54 Å². The molecule has 0 unspecified atom stereocenters. The van der Waals surface area contributed by atoms with Gasteiger partial charge in [-0.1, -0.05) is 0 Å². The first-order chi connectivity index (χ1) is 7.75. The second kappa shape index (κ2) is 6.83. The Morgan fingerprint density at radius 2 is 2.12 bits per heavy atom. The third kappa shape index (κ3) is 3.43. The Balaban J connectivity index is 2.55. The van der Waals surface area contributed by atoms with E-state index in [2.05, 4.69) is 10.6 Å². The third-order valence-corrected chi connectivity index (χ3v) is 2.89. The number of ether oxygens (including phenoxy) is 2. The summed E-state index contributed by atoms with van der Waals surface area (Å²) in [5.74, 6) is -0.132. The second-order valence-corrected chi connectivity index (χ2v) is 3.97. The highest BCUT2D eigenvalue weighted by molar-refractivity contribution is 5.81. The minimum absolute atomic E-state index is 0.132. The van der Waals surface area contributed by atoms with Crippen molar-refractivity contribution in [2.45, 2.75) is 25.3 Å². The Morgan fingerprint density at radius 3 is 2.69 bits per heavy atom. The van der Waals surface area contributed by atoms with Crippen LogP contribution in [0.5, 0.6) is 0 Å². The van der Waals surface area contributed by atoms with Gasteiger partial charge in [0.2, 0.25) is 0 Å². The number of nitrogens with one attached hydrogen (secondary N) is 2. The van der Waals surface area contributed by atoms with Crippen molar-refractivity contribution < 1.29 is 14.3 Å². The summed E-state index contributed by atoms with van der Waals surface area (Å²) in [6.45, 7) is 5.24. The number of esters is 1. The number of hydrogen-bond donors (Lipinski definition) is 2. The number of hydrogen-bond acceptors (Lipinski definition) is 5. The predicted molar refractivity (Wildman–Crippen MR) is 61.3 cm³/mol. The number of carbonyl (C=O) groups excluding carboxylic acids is 1. The maximum atomic E-state index is 12.0. The zero-order valence-electron chi connectivity index (χ0n) is 10.2. The summed E-state index contributed by atoms with van der Waals surface area (Å²) in [7, 11) is 1.65. The Morgan fingerprint density at radius 1 is 1.44 bits per heavy atom. The molecular weight excluding hydrogens is 208 g/mol. The third-order valence-electron chi connectivity index (χ3n) is 2.89. The van der Waals surface area contributed by atoms with E-state index in [-0.39, 0.29) is 5.97 Å². The topological polar surface area (TPSA) is 59.6 Å². The Bertz CT molecular complexity index is 215. The lowest BCUT2D eigenvalue weighted by molar-refractivity contribution is -0.152. The zero-order chi connectivity index (χ0) is 11.9. The van der Waals surface area contributed by atoms with Crippen molar-refractivity contribution in [3.63, 3.8) is 0 Å². The normalized spacial score (nSPS) is 19.4. The van der Waals surface area contributed by atoms with Crippen molar-refractivity contribution in [2.75, 3.05) is 40.0 Å². The van der Waals surface area contributed by atoms with E-state index in [1.54, 1.807) is 7.11 Å². The number of rotatable bonds is 6. The van der Waals surface area contributed by atoms with Crippen molar-refractivity contribution in [2.24, 2.45) is 0 Å². The first kappa shape index (κ1) is 13.4. The number of piperidine rings is 1. The lowest BCUT2D eigenvalue weighted by Gasteiger charge is -2.36. The largest absolute Gasteiger partial charge is 0.465 e. The van der Waals surface area contributed by atoms with Gasteiger partial charge in [-0.2, -0.15) is 0 Å². The molecule has 1 saturated heterocycles. The second-order valence-electron chi connectivity index (χ2n) is 3.97. The van der Waals surface area contributed by atoms with Crippen LogP contribution in [0.1, 0.15) is 19.8 Å². The van der Waals surface area contributed by atoms with Crippen molar-refractivity contribution in [3.8, 4) is 0 Å². The molecule has 5 nitrogen and oxygen atoms in total. The van der Waals surface area contributed by atoms with E-state index >= 15 is 0 Å². The molecule has 5 heteroatoms. The SMILES string of the molecule is CCOC(=O)C1(NCCOC)CCNCC1. The standard InChI is InChI=1S/C11H22N2O3/c1-3-16-10(14)11(13-8-9-15-2)4-6-12-7-5-11/h12-13H,3-9H2,1-2H3. The van der Waals surface area contributed by atoms with E-state index in [1.807, 2.05) is 6.92 Å². The van der Waals surface area contributed by atoms with Crippen molar-refractivity contribution in [1.82, 2.24) is 10.6 Å². The molecule has 0 bridgehead atoms. The first-order valence-corrected chi connectivity index (χ1v) is 5.87. The van der Waals surface area contributed by atoms with Gasteiger partial charge in [-0.3, -0.25) is 10.1 Å². The van der Waals surface area contributed by atoms with E-state index in [0.717, 1.165) is 25.9 Å². The van der Waals surface area contributed by atoms with Gasteiger partial charge in [-0.25, -0.2) is 0 Å². The molecule has 16 heavy (non-hydrogen) atoms. The number of methoxy groups -OCH3 is 1. The molecule has 1 rings (SSSR count). The molecule has 0 aromatic heterocycles. The monoisotopic (exact) mass is 230 g/mol. The fraction of sp³-hybridized carbons (Fsp3) is 0.909. The summed E-state index contributed by atoms with van der Waals surface area (Å²) in [6.07, 6.45) is 1.55. The number of carbonyl (C=O) groups is 1. The minimum Gasteiger partial charge on any atom is -0.465 e. The summed E-state index contributed by atoms with van der Waals surface area (Å²) < 4.78 is 10.1. The van der Waals surface area contributed by atoms with Gasteiger partial charge in [-0.15, -0.1) is 0 Å². The van der Waals surface area contributed by atoms with Gasteiger partial charge < -0.3 is 14.8 Å². The van der Waals surface area contributed by atoms with Gasteiger partial charge >= 0.3 is 5.97 Å². The van der Waals surface area contributed by atoms with E-state index in [9.17, 15) is 4.79 Å². The summed E-state index contributed by atoms with van der Waals surface area (Å²) >= 11 is 0. The highest BCUT2D eigenvalue weighted by atomic mass is 16.5. The van der Waals surface area contributed by atoms with Crippen molar-refractivity contribution in [3.05, 3.63) is 0 Å². The van der Waals surface area contributed by atoms with Crippen LogP contribution in [-0.4, -0.2) is 51.5 Å². The average Bonchev–Trinajstić information content (AvgIpc) is 2.31. The van der Waals surface area contributed by atoms with E-state index < -0.39 is 5.54 Å². The van der Waals surface area contributed by atoms with Crippen LogP contribution in [-0.2, 0) is 14.3 Å². The van der Waals surface area contributed by atoms with Gasteiger partial charge in [0.05, 0.1) is 13.2 Å². The maximum absolute atomic E-state index is 12.0. The summed E-state index contributed by atoms with van der Waals surface area (Å²) in [6, 6.07) is 0. The Labute approximate surface area is 96.9 Å². The molecule has 94 valence electrons. The van der Waals surface area contributed by atoms with Gasteiger partial charge in [0, 0.05) is 13.7 Å². The molecule has 0 aromatic carbocycles. The maximum Gasteiger partial charge on any atom is 0.326 e. The predicted octanol–water partition coefficient (Wildman–Crippen LogP) is -0.0923. The smallest absolute Gasteiger partial charge is 0.326 e. The van der Waals surface area contributed by atoms with Crippen LogP contribution in [0.4, 0.5) is 0 Å². The Hall–Kier alpha value is -0.650. The molecule has 0 aliphatic carbocycles. The van der Waals surface area contributed by atoms with E-state index in [4.69, 9.17) is 9.47 Å². The van der Waals surface area contributed by atoms with Crippen molar-refractivity contribution in [1.29, 1.82) is 0 Å². The molecule has 0 aromatic rings. The molecule has 1 aliphatic heterocycles. The molecule has 0 spiro atoms. The summed E-state index contributed by atoms with van der Waals surface area (Å²) in [5, 5.41) is 6.53. The molecule has 1 fully saturated rings. The fourth-order valence-corrected chi connectivity index (χ4v) is 1.97. The molecule has 2 N–H and O–H groups in total. The van der Waals surface area contributed by atoms with Gasteiger partial charge in [0.15, 0.2) is 0 Å². The highest BCUT2D eigenvalue weighted by Gasteiger charge is 2.40. The van der Waals surface area contributed by atoms with Crippen LogP contribution in [0.3, 0.4) is 0 Å². The van der Waals surface area contributed by atoms with Crippen LogP contribution < -0.4 is 10.6 Å². The van der Waals surface area contributed by atoms with Crippen molar-refractivity contribution >= 4 is 5.97 Å². The van der Waals surface area contributed by atoms with Crippen LogP contribution in [0.15, 0.2) is 0 Å². The van der Waals surface area contributed by atoms with Gasteiger partial charge in [-0.05, 0) is 32.9 Å². The zero-order valence-corrected chi connectivity index (χ0v) is 10.2. The van der Waals surface area contributed by atoms with Crippen LogP contribution in [0.25, 0.3) is 0 Å². The molecule has 1 aliphatic rings. The van der Waals surface area contributed by atoms with Crippen LogP contribution in [0, 0.1) is 0 Å². The van der Waals surface area contributed by atoms with Crippen LogP contribution in [0.2, 0.25) is 0 Å². The summed E-state index contributed by atoms with van der Waals surface area (Å²) in [4.78, 5) is 12.0. The molecule has 0 saturated carbocycles. The van der Waals surface area contributed by atoms with E-state index in [0.29, 0.717) is 19.8 Å². The molecule has 0 atom stereocenters. The fourth-order valence-electron chi connectivity index (χ4n) is 1.97. The molecule has 0 radical (unpaired) electrons. The summed E-state index contributed by atoms with van der Waals surface area (Å²) in [5.41, 5.74) is -0.514. The minimum atomic E-state index is -0.514. The lowest BCUT2D eigenvalue weighted by Crippen LogP contribution is -2.59. The molecular formula is C11H22N2O3. The highest BCUT2D eigenvalue weighted by Crippen LogP contribution is 2.20.